The second-order valence-corrected chi connectivity index (χ2v) is 4.21. The third-order valence-electron chi connectivity index (χ3n) is 3.11. The van der Waals surface area contributed by atoms with E-state index in [1.807, 2.05) is 0 Å². The fourth-order valence-corrected chi connectivity index (χ4v) is 2.26. The molecular weight excluding hydrogens is 178 g/mol. The lowest BCUT2D eigenvalue weighted by molar-refractivity contribution is -0.143. The maximum atomic E-state index is 10.8. The summed E-state index contributed by atoms with van der Waals surface area (Å²) in [5.41, 5.74) is 0. The van der Waals surface area contributed by atoms with Gasteiger partial charge in [0.15, 0.2) is 0 Å². The number of hydrogen-bond donors (Lipinski definition) is 2. The summed E-state index contributed by atoms with van der Waals surface area (Å²) in [6.07, 6.45) is 5.22. The van der Waals surface area contributed by atoms with Crippen LogP contribution in [0.2, 0.25) is 0 Å². The van der Waals surface area contributed by atoms with Crippen molar-refractivity contribution < 1.29 is 9.90 Å². The van der Waals surface area contributed by atoms with Gasteiger partial charge in [-0.1, -0.05) is 19.8 Å². The molecule has 2 N–H and O–H groups in total. The molecule has 0 aliphatic heterocycles. The van der Waals surface area contributed by atoms with Crippen LogP contribution < -0.4 is 5.32 Å². The molecule has 0 radical (unpaired) electrons. The Hall–Kier alpha value is -0.570. The molecule has 1 aliphatic rings. The van der Waals surface area contributed by atoms with E-state index >= 15 is 0 Å². The molecule has 1 unspecified atom stereocenters. The van der Waals surface area contributed by atoms with Crippen LogP contribution in [-0.2, 0) is 4.79 Å². The van der Waals surface area contributed by atoms with Crippen molar-refractivity contribution in [3.63, 3.8) is 0 Å². The van der Waals surface area contributed by atoms with E-state index in [-0.39, 0.29) is 5.92 Å². The molecule has 1 rings (SSSR count). The van der Waals surface area contributed by atoms with Crippen LogP contribution in [0.1, 0.15) is 39.0 Å². The molecule has 1 fully saturated rings. The molecule has 1 aliphatic carbocycles. The standard InChI is InChI=1S/C11H21NO2/c1-2-12-7-6-9-4-3-5-10(8-9)11(13)14/h9-10,12H,2-8H2,1H3,(H,13,14)/t9?,10-/m0/s1. The number of rotatable bonds is 5. The van der Waals surface area contributed by atoms with Crippen molar-refractivity contribution in [2.24, 2.45) is 11.8 Å². The summed E-state index contributed by atoms with van der Waals surface area (Å²) < 4.78 is 0. The first kappa shape index (κ1) is 11.5. The van der Waals surface area contributed by atoms with Crippen LogP contribution in [0.3, 0.4) is 0 Å². The predicted octanol–water partition coefficient (Wildman–Crippen LogP) is 1.88. The second-order valence-electron chi connectivity index (χ2n) is 4.21. The molecule has 0 saturated heterocycles. The van der Waals surface area contributed by atoms with Crippen LogP contribution in [0.5, 0.6) is 0 Å². The van der Waals surface area contributed by atoms with Gasteiger partial charge in [-0.15, -0.1) is 0 Å². The highest BCUT2D eigenvalue weighted by atomic mass is 16.4. The van der Waals surface area contributed by atoms with Gasteiger partial charge in [-0.25, -0.2) is 0 Å². The molecule has 82 valence electrons. The van der Waals surface area contributed by atoms with E-state index in [1.54, 1.807) is 0 Å². The van der Waals surface area contributed by atoms with E-state index in [0.717, 1.165) is 38.8 Å². The third kappa shape index (κ3) is 3.66. The topological polar surface area (TPSA) is 49.3 Å². The Balaban J connectivity index is 2.22. The Morgan fingerprint density at radius 3 is 2.93 bits per heavy atom. The van der Waals surface area contributed by atoms with E-state index in [0.29, 0.717) is 5.92 Å². The van der Waals surface area contributed by atoms with Gasteiger partial charge in [-0.05, 0) is 38.3 Å². The van der Waals surface area contributed by atoms with Crippen molar-refractivity contribution >= 4 is 5.97 Å². The minimum absolute atomic E-state index is 0.0737. The lowest BCUT2D eigenvalue weighted by atomic mass is 9.80. The first-order chi connectivity index (χ1) is 6.74. The molecule has 3 nitrogen and oxygen atoms in total. The van der Waals surface area contributed by atoms with Gasteiger partial charge in [-0.2, -0.15) is 0 Å². The fourth-order valence-electron chi connectivity index (χ4n) is 2.26. The summed E-state index contributed by atoms with van der Waals surface area (Å²) in [7, 11) is 0. The summed E-state index contributed by atoms with van der Waals surface area (Å²) >= 11 is 0. The number of aliphatic carboxylic acids is 1. The first-order valence-corrected chi connectivity index (χ1v) is 5.67. The highest BCUT2D eigenvalue weighted by molar-refractivity contribution is 5.70. The van der Waals surface area contributed by atoms with Crippen LogP contribution >= 0.6 is 0 Å². The van der Waals surface area contributed by atoms with Crippen molar-refractivity contribution in [2.45, 2.75) is 39.0 Å². The van der Waals surface area contributed by atoms with Gasteiger partial charge in [-0.3, -0.25) is 4.79 Å². The quantitative estimate of drug-likeness (QED) is 0.665. The molecule has 0 bridgehead atoms. The fraction of sp³-hybridized carbons (Fsp3) is 0.909. The Labute approximate surface area is 85.9 Å². The SMILES string of the molecule is CCNCCC1CCC[C@H](C(=O)O)C1. The van der Waals surface area contributed by atoms with Gasteiger partial charge in [0.2, 0.25) is 0 Å². The highest BCUT2D eigenvalue weighted by Crippen LogP contribution is 2.30. The number of carboxylic acid groups (broad SMARTS) is 1. The van der Waals surface area contributed by atoms with Crippen molar-refractivity contribution in [3.8, 4) is 0 Å². The Morgan fingerprint density at radius 1 is 1.50 bits per heavy atom. The van der Waals surface area contributed by atoms with Gasteiger partial charge in [0.05, 0.1) is 5.92 Å². The van der Waals surface area contributed by atoms with E-state index in [1.165, 1.54) is 6.42 Å². The number of carbonyl (C=O) groups is 1. The minimum atomic E-state index is -0.599. The average Bonchev–Trinajstić information content (AvgIpc) is 2.19. The summed E-state index contributed by atoms with van der Waals surface area (Å²) in [5.74, 6) is -0.0440. The summed E-state index contributed by atoms with van der Waals surface area (Å²) in [4.78, 5) is 10.8. The second kappa shape index (κ2) is 6.02. The van der Waals surface area contributed by atoms with Gasteiger partial charge in [0.25, 0.3) is 0 Å². The molecule has 2 atom stereocenters. The van der Waals surface area contributed by atoms with E-state index in [9.17, 15) is 4.79 Å². The maximum absolute atomic E-state index is 10.8. The molecule has 1 saturated carbocycles. The monoisotopic (exact) mass is 199 g/mol. The molecule has 0 aromatic carbocycles. The first-order valence-electron chi connectivity index (χ1n) is 5.67. The smallest absolute Gasteiger partial charge is 0.306 e. The van der Waals surface area contributed by atoms with Crippen molar-refractivity contribution in [1.29, 1.82) is 0 Å². The predicted molar refractivity (Wildman–Crippen MR) is 56.2 cm³/mol. The third-order valence-corrected chi connectivity index (χ3v) is 3.11. The van der Waals surface area contributed by atoms with Crippen molar-refractivity contribution in [2.75, 3.05) is 13.1 Å². The Morgan fingerprint density at radius 2 is 2.29 bits per heavy atom. The van der Waals surface area contributed by atoms with Crippen LogP contribution in [0.4, 0.5) is 0 Å². The summed E-state index contributed by atoms with van der Waals surface area (Å²) in [6.45, 7) is 4.14. The summed E-state index contributed by atoms with van der Waals surface area (Å²) in [6, 6.07) is 0. The Bertz CT molecular complexity index is 182. The van der Waals surface area contributed by atoms with E-state index in [4.69, 9.17) is 5.11 Å². The molecule has 14 heavy (non-hydrogen) atoms. The highest BCUT2D eigenvalue weighted by Gasteiger charge is 2.26. The number of carboxylic acids is 1. The largest absolute Gasteiger partial charge is 0.481 e. The van der Waals surface area contributed by atoms with Crippen molar-refractivity contribution in [3.05, 3.63) is 0 Å². The van der Waals surface area contributed by atoms with Crippen LogP contribution in [0.15, 0.2) is 0 Å². The lowest BCUT2D eigenvalue weighted by Gasteiger charge is -2.26. The zero-order valence-electron chi connectivity index (χ0n) is 8.96. The maximum Gasteiger partial charge on any atom is 0.306 e. The van der Waals surface area contributed by atoms with Crippen molar-refractivity contribution in [1.82, 2.24) is 5.32 Å². The number of hydrogen-bond acceptors (Lipinski definition) is 2. The summed E-state index contributed by atoms with van der Waals surface area (Å²) in [5, 5.41) is 12.2. The van der Waals surface area contributed by atoms with Crippen LogP contribution in [0, 0.1) is 11.8 Å². The number of nitrogens with one attached hydrogen (secondary N) is 1. The molecule has 0 amide bonds. The average molecular weight is 199 g/mol. The molecule has 3 heteroatoms. The van der Waals surface area contributed by atoms with Crippen LogP contribution in [-0.4, -0.2) is 24.2 Å². The minimum Gasteiger partial charge on any atom is -0.481 e. The van der Waals surface area contributed by atoms with E-state index in [2.05, 4.69) is 12.2 Å². The van der Waals surface area contributed by atoms with Gasteiger partial charge < -0.3 is 10.4 Å². The van der Waals surface area contributed by atoms with Gasteiger partial charge in [0.1, 0.15) is 0 Å². The van der Waals surface area contributed by atoms with Gasteiger partial charge >= 0.3 is 5.97 Å². The zero-order valence-corrected chi connectivity index (χ0v) is 8.96. The molecule has 0 spiro atoms. The van der Waals surface area contributed by atoms with Gasteiger partial charge in [0, 0.05) is 0 Å². The zero-order chi connectivity index (χ0) is 10.4. The molecule has 0 heterocycles. The molecule has 0 aromatic rings. The Kier molecular flexibility index (Phi) is 4.94. The molecular formula is C11H21NO2. The molecule has 0 aromatic heterocycles. The van der Waals surface area contributed by atoms with E-state index < -0.39 is 5.97 Å². The lowest BCUT2D eigenvalue weighted by Crippen LogP contribution is -2.25. The normalized spacial score (nSPS) is 27.5. The van der Waals surface area contributed by atoms with Crippen LogP contribution in [0.25, 0.3) is 0 Å².